The minimum atomic E-state index is 0.836. The van der Waals surface area contributed by atoms with E-state index in [1.807, 2.05) is 36.7 Å². The van der Waals surface area contributed by atoms with Gasteiger partial charge < -0.3 is 5.32 Å². The molecule has 2 nitrogen and oxygen atoms in total. The highest BCUT2D eigenvalue weighted by Crippen LogP contribution is 2.15. The van der Waals surface area contributed by atoms with Crippen LogP contribution in [0.15, 0.2) is 67.0 Å². The molecule has 0 aliphatic rings. The third kappa shape index (κ3) is 2.33. The summed E-state index contributed by atoms with van der Waals surface area (Å²) in [5, 5.41) is 5.83. The van der Waals surface area contributed by atoms with Crippen molar-refractivity contribution in [2.75, 3.05) is 5.32 Å². The van der Waals surface area contributed by atoms with E-state index in [9.17, 15) is 0 Å². The number of fused-ring (bicyclic) bond motifs is 1. The van der Waals surface area contributed by atoms with Crippen LogP contribution in [-0.2, 0) is 6.54 Å². The molecular formula is C16H14N2. The molecule has 0 atom stereocenters. The second kappa shape index (κ2) is 4.88. The van der Waals surface area contributed by atoms with Gasteiger partial charge in [0.15, 0.2) is 0 Å². The maximum atomic E-state index is 4.12. The Morgan fingerprint density at radius 2 is 1.78 bits per heavy atom. The van der Waals surface area contributed by atoms with E-state index < -0.39 is 0 Å². The largest absolute Gasteiger partial charge is 0.381 e. The third-order valence-corrected chi connectivity index (χ3v) is 2.98. The van der Waals surface area contributed by atoms with Gasteiger partial charge in [-0.2, -0.15) is 0 Å². The maximum absolute atomic E-state index is 4.12. The summed E-state index contributed by atoms with van der Waals surface area (Å²) >= 11 is 0. The molecule has 88 valence electrons. The zero-order valence-corrected chi connectivity index (χ0v) is 10.0. The van der Waals surface area contributed by atoms with E-state index in [2.05, 4.69) is 40.6 Å². The highest BCUT2D eigenvalue weighted by molar-refractivity contribution is 5.82. The topological polar surface area (TPSA) is 24.9 Å². The Labute approximate surface area is 106 Å². The van der Waals surface area contributed by atoms with E-state index in [0.717, 1.165) is 12.2 Å². The Morgan fingerprint density at radius 3 is 2.67 bits per heavy atom. The molecule has 0 aliphatic carbocycles. The summed E-state index contributed by atoms with van der Waals surface area (Å²) in [7, 11) is 0. The molecule has 2 heteroatoms. The summed E-state index contributed by atoms with van der Waals surface area (Å²) in [4.78, 5) is 4.12. The van der Waals surface area contributed by atoms with Crippen molar-refractivity contribution in [1.29, 1.82) is 0 Å². The van der Waals surface area contributed by atoms with Crippen LogP contribution in [0, 0.1) is 0 Å². The van der Waals surface area contributed by atoms with E-state index in [1.165, 1.54) is 16.3 Å². The number of nitrogens with one attached hydrogen (secondary N) is 1. The van der Waals surface area contributed by atoms with Gasteiger partial charge in [-0.05, 0) is 35.2 Å². The lowest BCUT2D eigenvalue weighted by molar-refractivity contribution is 1.15. The number of pyridine rings is 1. The summed E-state index contributed by atoms with van der Waals surface area (Å²) in [5.74, 6) is 0. The van der Waals surface area contributed by atoms with E-state index in [1.54, 1.807) is 0 Å². The minimum Gasteiger partial charge on any atom is -0.381 e. The lowest BCUT2D eigenvalue weighted by Crippen LogP contribution is -1.98. The van der Waals surface area contributed by atoms with Crippen LogP contribution in [0.4, 0.5) is 5.69 Å². The highest BCUT2D eigenvalue weighted by atomic mass is 14.9. The molecule has 0 spiro atoms. The molecule has 0 unspecified atom stereocenters. The number of hydrogen-bond donors (Lipinski definition) is 1. The second-order valence-corrected chi connectivity index (χ2v) is 4.28. The number of hydrogen-bond acceptors (Lipinski definition) is 2. The summed E-state index contributed by atoms with van der Waals surface area (Å²) in [5.41, 5.74) is 2.42. The molecule has 3 rings (SSSR count). The van der Waals surface area contributed by atoms with Gasteiger partial charge in [-0.1, -0.05) is 30.3 Å². The fourth-order valence-corrected chi connectivity index (χ4v) is 2.00. The third-order valence-electron chi connectivity index (χ3n) is 2.98. The molecular weight excluding hydrogens is 220 g/mol. The van der Waals surface area contributed by atoms with Gasteiger partial charge in [-0.3, -0.25) is 4.98 Å². The molecule has 0 saturated heterocycles. The average Bonchev–Trinajstić information content (AvgIpc) is 2.46. The molecule has 0 radical (unpaired) electrons. The van der Waals surface area contributed by atoms with E-state index in [4.69, 9.17) is 0 Å². The summed E-state index contributed by atoms with van der Waals surface area (Å²) < 4.78 is 0. The monoisotopic (exact) mass is 234 g/mol. The Bertz CT molecular complexity index is 647. The number of rotatable bonds is 3. The number of aromatic nitrogens is 1. The van der Waals surface area contributed by atoms with Gasteiger partial charge in [-0.25, -0.2) is 0 Å². The standard InChI is InChI=1S/C16H14N2/c1-2-4-16(5-3-1)18-11-13-6-7-15-12-17-9-8-14(15)10-13/h1-10,12,18H,11H2. The fraction of sp³-hybridized carbons (Fsp3) is 0.0625. The number of nitrogens with zero attached hydrogens (tertiary/aromatic N) is 1. The van der Waals surface area contributed by atoms with E-state index >= 15 is 0 Å². The van der Waals surface area contributed by atoms with Crippen LogP contribution in [0.25, 0.3) is 10.8 Å². The molecule has 0 aliphatic heterocycles. The van der Waals surface area contributed by atoms with Crippen molar-refractivity contribution in [1.82, 2.24) is 4.98 Å². The van der Waals surface area contributed by atoms with Crippen LogP contribution in [0.1, 0.15) is 5.56 Å². The van der Waals surface area contributed by atoms with Crippen molar-refractivity contribution < 1.29 is 0 Å². The average molecular weight is 234 g/mol. The van der Waals surface area contributed by atoms with E-state index in [-0.39, 0.29) is 0 Å². The normalized spacial score (nSPS) is 10.4. The van der Waals surface area contributed by atoms with Gasteiger partial charge in [0.05, 0.1) is 0 Å². The van der Waals surface area contributed by atoms with Crippen molar-refractivity contribution in [3.63, 3.8) is 0 Å². The van der Waals surface area contributed by atoms with Gasteiger partial charge in [0.1, 0.15) is 0 Å². The molecule has 0 amide bonds. The van der Waals surface area contributed by atoms with Crippen molar-refractivity contribution >= 4 is 16.5 Å². The van der Waals surface area contributed by atoms with Crippen molar-refractivity contribution in [2.45, 2.75) is 6.54 Å². The van der Waals surface area contributed by atoms with Crippen molar-refractivity contribution in [3.05, 3.63) is 72.6 Å². The smallest absolute Gasteiger partial charge is 0.0401 e. The molecule has 1 N–H and O–H groups in total. The molecule has 1 aromatic heterocycles. The number of benzene rings is 2. The fourth-order valence-electron chi connectivity index (χ4n) is 2.00. The predicted octanol–water partition coefficient (Wildman–Crippen LogP) is 3.85. The SMILES string of the molecule is c1ccc(NCc2ccc3cnccc3c2)cc1. The van der Waals surface area contributed by atoms with Crippen LogP contribution in [0.2, 0.25) is 0 Å². The van der Waals surface area contributed by atoms with Gasteiger partial charge in [0.2, 0.25) is 0 Å². The zero-order chi connectivity index (χ0) is 12.2. The quantitative estimate of drug-likeness (QED) is 0.744. The first-order valence-corrected chi connectivity index (χ1v) is 6.03. The molecule has 0 bridgehead atoms. The zero-order valence-electron chi connectivity index (χ0n) is 10.0. The van der Waals surface area contributed by atoms with Crippen molar-refractivity contribution in [2.24, 2.45) is 0 Å². The molecule has 2 aromatic carbocycles. The summed E-state index contributed by atoms with van der Waals surface area (Å²) in [6.07, 6.45) is 3.72. The predicted molar refractivity (Wildman–Crippen MR) is 75.5 cm³/mol. The number of para-hydroxylation sites is 1. The Morgan fingerprint density at radius 1 is 0.889 bits per heavy atom. The van der Waals surface area contributed by atoms with Crippen LogP contribution in [0.5, 0.6) is 0 Å². The van der Waals surface area contributed by atoms with Crippen LogP contribution < -0.4 is 5.32 Å². The van der Waals surface area contributed by atoms with Crippen LogP contribution in [0.3, 0.4) is 0 Å². The van der Waals surface area contributed by atoms with Gasteiger partial charge >= 0.3 is 0 Å². The minimum absolute atomic E-state index is 0.836. The lowest BCUT2D eigenvalue weighted by Gasteiger charge is -2.07. The molecule has 18 heavy (non-hydrogen) atoms. The Kier molecular flexibility index (Phi) is 2.92. The van der Waals surface area contributed by atoms with Crippen LogP contribution >= 0.6 is 0 Å². The lowest BCUT2D eigenvalue weighted by atomic mass is 10.1. The molecule has 0 saturated carbocycles. The maximum Gasteiger partial charge on any atom is 0.0401 e. The van der Waals surface area contributed by atoms with Crippen LogP contribution in [-0.4, -0.2) is 4.98 Å². The van der Waals surface area contributed by atoms with Gasteiger partial charge in [0, 0.05) is 30.0 Å². The first-order valence-electron chi connectivity index (χ1n) is 6.03. The Balaban J connectivity index is 1.79. The van der Waals surface area contributed by atoms with E-state index in [0.29, 0.717) is 0 Å². The van der Waals surface area contributed by atoms with Gasteiger partial charge in [-0.15, -0.1) is 0 Å². The number of anilines is 1. The summed E-state index contributed by atoms with van der Waals surface area (Å²) in [6.45, 7) is 0.836. The molecule has 3 aromatic rings. The van der Waals surface area contributed by atoms with Gasteiger partial charge in [0.25, 0.3) is 0 Å². The first kappa shape index (κ1) is 10.8. The summed E-state index contributed by atoms with van der Waals surface area (Å²) in [6, 6.07) is 18.7. The van der Waals surface area contributed by atoms with Crippen molar-refractivity contribution in [3.8, 4) is 0 Å². The highest BCUT2D eigenvalue weighted by Gasteiger charge is 1.96. The Hall–Kier alpha value is -2.35. The second-order valence-electron chi connectivity index (χ2n) is 4.28. The molecule has 0 fully saturated rings. The first-order chi connectivity index (χ1) is 8.92. The molecule has 1 heterocycles.